The summed E-state index contributed by atoms with van der Waals surface area (Å²) in [5.41, 5.74) is 1.26. The molecule has 0 N–H and O–H groups in total. The summed E-state index contributed by atoms with van der Waals surface area (Å²) >= 11 is 3.67. The summed E-state index contributed by atoms with van der Waals surface area (Å²) in [6.45, 7) is 1.65. The SMILES string of the molecule is O=[N+]([O-])c1ccc(CC(Br)C2CCOC2)cc1. The van der Waals surface area contributed by atoms with E-state index in [1.807, 2.05) is 12.1 Å². The lowest BCUT2D eigenvalue weighted by atomic mass is 9.99. The van der Waals surface area contributed by atoms with Gasteiger partial charge in [-0.25, -0.2) is 0 Å². The van der Waals surface area contributed by atoms with Gasteiger partial charge in [-0.3, -0.25) is 10.1 Å². The van der Waals surface area contributed by atoms with Gasteiger partial charge in [0.25, 0.3) is 5.69 Å². The van der Waals surface area contributed by atoms with Gasteiger partial charge in [-0.05, 0) is 24.3 Å². The molecule has 0 saturated carbocycles. The molecule has 1 fully saturated rings. The third-order valence-electron chi connectivity index (χ3n) is 3.05. The second kappa shape index (κ2) is 5.60. The molecule has 1 aromatic rings. The number of hydrogen-bond donors (Lipinski definition) is 0. The van der Waals surface area contributed by atoms with Gasteiger partial charge in [0.2, 0.25) is 0 Å². The molecule has 1 saturated heterocycles. The normalized spacial score (nSPS) is 21.4. The molecule has 0 radical (unpaired) electrons. The molecular weight excluding hydrogens is 286 g/mol. The first-order chi connectivity index (χ1) is 8.16. The van der Waals surface area contributed by atoms with Crippen LogP contribution in [0.4, 0.5) is 5.69 Å². The fraction of sp³-hybridized carbons (Fsp3) is 0.500. The molecule has 1 aliphatic heterocycles. The number of rotatable bonds is 4. The standard InChI is InChI=1S/C12H14BrNO3/c13-12(10-5-6-17-8-10)7-9-1-3-11(4-2-9)14(15)16/h1-4,10,12H,5-8H2. The van der Waals surface area contributed by atoms with E-state index in [9.17, 15) is 10.1 Å². The number of nitrogens with zero attached hydrogens (tertiary/aromatic N) is 1. The van der Waals surface area contributed by atoms with E-state index in [4.69, 9.17) is 4.74 Å². The number of halogens is 1. The van der Waals surface area contributed by atoms with E-state index >= 15 is 0 Å². The van der Waals surface area contributed by atoms with Gasteiger partial charge in [0.05, 0.1) is 11.5 Å². The molecule has 1 aromatic carbocycles. The van der Waals surface area contributed by atoms with E-state index < -0.39 is 0 Å². The predicted molar refractivity (Wildman–Crippen MR) is 68.4 cm³/mol. The van der Waals surface area contributed by atoms with Crippen molar-refractivity contribution in [2.45, 2.75) is 17.7 Å². The van der Waals surface area contributed by atoms with Gasteiger partial charge in [0.1, 0.15) is 0 Å². The first kappa shape index (κ1) is 12.5. The van der Waals surface area contributed by atoms with Crippen LogP contribution in [0.3, 0.4) is 0 Å². The molecule has 2 rings (SSSR count). The third-order valence-corrected chi connectivity index (χ3v) is 4.13. The summed E-state index contributed by atoms with van der Waals surface area (Å²) in [4.78, 5) is 10.5. The highest BCUT2D eigenvalue weighted by Crippen LogP contribution is 2.26. The van der Waals surface area contributed by atoms with Gasteiger partial charge in [0.15, 0.2) is 0 Å². The Labute approximate surface area is 108 Å². The Balaban J connectivity index is 1.96. The van der Waals surface area contributed by atoms with Crippen LogP contribution in [0.2, 0.25) is 0 Å². The molecule has 0 aliphatic carbocycles. The van der Waals surface area contributed by atoms with Crippen LogP contribution >= 0.6 is 15.9 Å². The number of non-ortho nitro benzene ring substituents is 1. The van der Waals surface area contributed by atoms with Crippen molar-refractivity contribution in [1.29, 1.82) is 0 Å². The lowest BCUT2D eigenvalue weighted by Crippen LogP contribution is -2.16. The van der Waals surface area contributed by atoms with Crippen LogP contribution in [0.5, 0.6) is 0 Å². The largest absolute Gasteiger partial charge is 0.381 e. The molecule has 1 heterocycles. The van der Waals surface area contributed by atoms with Crippen LogP contribution in [0.25, 0.3) is 0 Å². The molecular formula is C12H14BrNO3. The van der Waals surface area contributed by atoms with Gasteiger partial charge in [-0.2, -0.15) is 0 Å². The van der Waals surface area contributed by atoms with Gasteiger partial charge < -0.3 is 4.74 Å². The molecule has 0 amide bonds. The number of benzene rings is 1. The first-order valence-electron chi connectivity index (χ1n) is 5.62. The number of nitro groups is 1. The van der Waals surface area contributed by atoms with Crippen molar-refractivity contribution < 1.29 is 9.66 Å². The van der Waals surface area contributed by atoms with Crippen LogP contribution < -0.4 is 0 Å². The number of alkyl halides is 1. The Morgan fingerprint density at radius 3 is 2.71 bits per heavy atom. The summed E-state index contributed by atoms with van der Waals surface area (Å²) < 4.78 is 5.35. The zero-order chi connectivity index (χ0) is 12.3. The fourth-order valence-corrected chi connectivity index (χ4v) is 2.77. The topological polar surface area (TPSA) is 52.4 Å². The second-order valence-corrected chi connectivity index (χ2v) is 5.44. The van der Waals surface area contributed by atoms with E-state index in [0.29, 0.717) is 10.7 Å². The number of ether oxygens (including phenoxy) is 1. The van der Waals surface area contributed by atoms with Crippen molar-refractivity contribution in [3.8, 4) is 0 Å². The van der Waals surface area contributed by atoms with Crippen LogP contribution in [0.1, 0.15) is 12.0 Å². The van der Waals surface area contributed by atoms with E-state index in [0.717, 1.165) is 31.6 Å². The summed E-state index contributed by atoms with van der Waals surface area (Å²) in [7, 11) is 0. The van der Waals surface area contributed by atoms with Crippen molar-refractivity contribution in [1.82, 2.24) is 0 Å². The maximum atomic E-state index is 10.5. The molecule has 5 heteroatoms. The van der Waals surface area contributed by atoms with Crippen LogP contribution in [-0.2, 0) is 11.2 Å². The molecule has 1 aliphatic rings. The minimum atomic E-state index is -0.375. The van der Waals surface area contributed by atoms with Gasteiger partial charge >= 0.3 is 0 Å². The Bertz CT molecular complexity index is 387. The number of nitro benzene ring substituents is 1. The Morgan fingerprint density at radius 2 is 2.18 bits per heavy atom. The summed E-state index contributed by atoms with van der Waals surface area (Å²) in [6, 6.07) is 6.75. The van der Waals surface area contributed by atoms with Gasteiger partial charge in [-0.1, -0.05) is 28.1 Å². The quantitative estimate of drug-likeness (QED) is 0.488. The minimum Gasteiger partial charge on any atom is -0.381 e. The lowest BCUT2D eigenvalue weighted by Gasteiger charge is -2.15. The maximum absolute atomic E-state index is 10.5. The minimum absolute atomic E-state index is 0.143. The zero-order valence-corrected chi connectivity index (χ0v) is 10.9. The van der Waals surface area contributed by atoms with E-state index in [2.05, 4.69) is 15.9 Å². The zero-order valence-electron chi connectivity index (χ0n) is 9.34. The van der Waals surface area contributed by atoms with Gasteiger partial charge in [0, 0.05) is 23.6 Å². The smallest absolute Gasteiger partial charge is 0.269 e. The van der Waals surface area contributed by atoms with Crippen LogP contribution in [0.15, 0.2) is 24.3 Å². The highest BCUT2D eigenvalue weighted by atomic mass is 79.9. The summed E-state index contributed by atoms with van der Waals surface area (Å²) in [5, 5.41) is 10.5. The maximum Gasteiger partial charge on any atom is 0.269 e. The molecule has 2 unspecified atom stereocenters. The predicted octanol–water partition coefficient (Wildman–Crippen LogP) is 2.94. The molecule has 2 atom stereocenters. The monoisotopic (exact) mass is 299 g/mol. The van der Waals surface area contributed by atoms with Crippen molar-refractivity contribution in [2.24, 2.45) is 5.92 Å². The average molecular weight is 300 g/mol. The molecule has 4 nitrogen and oxygen atoms in total. The van der Waals surface area contributed by atoms with Crippen LogP contribution in [0, 0.1) is 16.0 Å². The number of hydrogen-bond acceptors (Lipinski definition) is 3. The van der Waals surface area contributed by atoms with E-state index in [1.54, 1.807) is 12.1 Å². The average Bonchev–Trinajstić information content (AvgIpc) is 2.83. The summed E-state index contributed by atoms with van der Waals surface area (Å²) in [5.74, 6) is 0.546. The molecule has 0 bridgehead atoms. The summed E-state index contributed by atoms with van der Waals surface area (Å²) in [6.07, 6.45) is 1.97. The van der Waals surface area contributed by atoms with E-state index in [-0.39, 0.29) is 10.6 Å². The van der Waals surface area contributed by atoms with Crippen molar-refractivity contribution >= 4 is 21.6 Å². The van der Waals surface area contributed by atoms with Crippen LogP contribution in [-0.4, -0.2) is 23.0 Å². The Kier molecular flexibility index (Phi) is 4.12. The molecule has 0 spiro atoms. The first-order valence-corrected chi connectivity index (χ1v) is 6.53. The Hall–Kier alpha value is -0.940. The van der Waals surface area contributed by atoms with Crippen molar-refractivity contribution in [3.63, 3.8) is 0 Å². The lowest BCUT2D eigenvalue weighted by molar-refractivity contribution is -0.384. The molecule has 92 valence electrons. The second-order valence-electron chi connectivity index (χ2n) is 4.27. The molecule has 0 aromatic heterocycles. The van der Waals surface area contributed by atoms with Gasteiger partial charge in [-0.15, -0.1) is 0 Å². The Morgan fingerprint density at radius 1 is 1.47 bits per heavy atom. The highest BCUT2D eigenvalue weighted by Gasteiger charge is 2.23. The third kappa shape index (κ3) is 3.26. The molecule has 17 heavy (non-hydrogen) atoms. The van der Waals surface area contributed by atoms with Crippen molar-refractivity contribution in [3.05, 3.63) is 39.9 Å². The highest BCUT2D eigenvalue weighted by molar-refractivity contribution is 9.09. The fourth-order valence-electron chi connectivity index (χ4n) is 1.98. The van der Waals surface area contributed by atoms with E-state index in [1.165, 1.54) is 0 Å². The van der Waals surface area contributed by atoms with Crippen molar-refractivity contribution in [2.75, 3.05) is 13.2 Å².